The molecule has 162 valence electrons. The SMILES string of the molecule is CN(C)C(=O)c1cccc(NC(=O)CN2CCCN(c3nc4ccccc4[nH]3)CC2)c1. The molecule has 1 fully saturated rings. The lowest BCUT2D eigenvalue weighted by atomic mass is 10.2. The van der Waals surface area contributed by atoms with Crippen molar-refractivity contribution in [2.24, 2.45) is 0 Å². The van der Waals surface area contributed by atoms with Gasteiger partial charge in [0.25, 0.3) is 5.91 Å². The third-order valence-electron chi connectivity index (χ3n) is 5.43. The van der Waals surface area contributed by atoms with E-state index in [1.807, 2.05) is 24.3 Å². The van der Waals surface area contributed by atoms with Gasteiger partial charge in [0.05, 0.1) is 17.6 Å². The van der Waals surface area contributed by atoms with Crippen LogP contribution in [0.5, 0.6) is 0 Å². The summed E-state index contributed by atoms with van der Waals surface area (Å²) < 4.78 is 0. The molecule has 1 aliphatic rings. The third-order valence-corrected chi connectivity index (χ3v) is 5.43. The van der Waals surface area contributed by atoms with Crippen molar-refractivity contribution < 1.29 is 9.59 Å². The summed E-state index contributed by atoms with van der Waals surface area (Å²) in [5.74, 6) is 0.718. The van der Waals surface area contributed by atoms with Crippen LogP contribution in [0.1, 0.15) is 16.8 Å². The van der Waals surface area contributed by atoms with Crippen molar-refractivity contribution in [2.75, 3.05) is 57.0 Å². The van der Waals surface area contributed by atoms with Gasteiger partial charge in [-0.3, -0.25) is 14.5 Å². The number of hydrogen-bond donors (Lipinski definition) is 2. The van der Waals surface area contributed by atoms with Crippen LogP contribution in [0.15, 0.2) is 48.5 Å². The Labute approximate surface area is 181 Å². The van der Waals surface area contributed by atoms with Gasteiger partial charge >= 0.3 is 0 Å². The van der Waals surface area contributed by atoms with E-state index in [1.165, 1.54) is 4.90 Å². The highest BCUT2D eigenvalue weighted by Crippen LogP contribution is 2.18. The van der Waals surface area contributed by atoms with Crippen LogP contribution in [0, 0.1) is 0 Å². The average molecular weight is 421 g/mol. The molecule has 0 atom stereocenters. The van der Waals surface area contributed by atoms with Gasteiger partial charge in [0, 0.05) is 51.5 Å². The van der Waals surface area contributed by atoms with Gasteiger partial charge in [-0.05, 0) is 36.8 Å². The van der Waals surface area contributed by atoms with Crippen LogP contribution in [0.4, 0.5) is 11.6 Å². The Balaban J connectivity index is 1.33. The zero-order valence-electron chi connectivity index (χ0n) is 18.0. The molecule has 8 heteroatoms. The first-order valence-corrected chi connectivity index (χ1v) is 10.5. The highest BCUT2D eigenvalue weighted by atomic mass is 16.2. The zero-order valence-corrected chi connectivity index (χ0v) is 18.0. The number of nitrogens with one attached hydrogen (secondary N) is 2. The first-order chi connectivity index (χ1) is 15.0. The van der Waals surface area contributed by atoms with Gasteiger partial charge in [-0.25, -0.2) is 4.98 Å². The van der Waals surface area contributed by atoms with E-state index < -0.39 is 0 Å². The van der Waals surface area contributed by atoms with E-state index in [4.69, 9.17) is 4.98 Å². The number of carbonyl (C=O) groups excluding carboxylic acids is 2. The Morgan fingerprint density at radius 2 is 1.90 bits per heavy atom. The molecule has 1 saturated heterocycles. The molecule has 2 heterocycles. The minimum atomic E-state index is -0.0886. The summed E-state index contributed by atoms with van der Waals surface area (Å²) in [6.07, 6.45) is 0.956. The average Bonchev–Trinajstić information content (AvgIpc) is 3.06. The van der Waals surface area contributed by atoms with Gasteiger partial charge in [0.15, 0.2) is 0 Å². The molecule has 0 radical (unpaired) electrons. The first kappa shape index (κ1) is 20.9. The van der Waals surface area contributed by atoms with Gasteiger partial charge in [-0.2, -0.15) is 0 Å². The number of hydrogen-bond acceptors (Lipinski definition) is 5. The van der Waals surface area contributed by atoms with Crippen molar-refractivity contribution in [2.45, 2.75) is 6.42 Å². The maximum absolute atomic E-state index is 12.6. The number of benzene rings is 2. The van der Waals surface area contributed by atoms with Crippen LogP contribution >= 0.6 is 0 Å². The Morgan fingerprint density at radius 1 is 1.06 bits per heavy atom. The van der Waals surface area contributed by atoms with Gasteiger partial charge in [-0.15, -0.1) is 0 Å². The van der Waals surface area contributed by atoms with Gasteiger partial charge in [-0.1, -0.05) is 18.2 Å². The molecule has 4 rings (SSSR count). The van der Waals surface area contributed by atoms with Crippen LogP contribution in [0.25, 0.3) is 11.0 Å². The van der Waals surface area contributed by atoms with Crippen LogP contribution in [-0.4, -0.2) is 78.4 Å². The maximum Gasteiger partial charge on any atom is 0.253 e. The predicted molar refractivity (Wildman–Crippen MR) is 122 cm³/mol. The molecule has 1 aliphatic heterocycles. The van der Waals surface area contributed by atoms with Crippen molar-refractivity contribution in [3.63, 3.8) is 0 Å². The molecule has 0 spiro atoms. The molecule has 0 saturated carbocycles. The van der Waals surface area contributed by atoms with E-state index in [1.54, 1.807) is 38.4 Å². The summed E-state index contributed by atoms with van der Waals surface area (Å²) in [7, 11) is 3.42. The van der Waals surface area contributed by atoms with E-state index in [0.29, 0.717) is 17.8 Å². The van der Waals surface area contributed by atoms with Crippen molar-refractivity contribution in [3.05, 3.63) is 54.1 Å². The molecule has 0 bridgehead atoms. The van der Waals surface area contributed by atoms with Crippen LogP contribution in [-0.2, 0) is 4.79 Å². The number of imidazole rings is 1. The number of aromatic nitrogens is 2. The molecule has 0 aliphatic carbocycles. The number of H-pyrrole nitrogens is 1. The summed E-state index contributed by atoms with van der Waals surface area (Å²) >= 11 is 0. The van der Waals surface area contributed by atoms with Gasteiger partial charge in [0.2, 0.25) is 11.9 Å². The minimum Gasteiger partial charge on any atom is -0.345 e. The minimum absolute atomic E-state index is 0.0772. The summed E-state index contributed by atoms with van der Waals surface area (Å²) in [6, 6.07) is 15.1. The lowest BCUT2D eigenvalue weighted by Crippen LogP contribution is -2.36. The normalized spacial score (nSPS) is 15.0. The molecule has 1 aromatic heterocycles. The van der Waals surface area contributed by atoms with E-state index in [2.05, 4.69) is 20.1 Å². The lowest BCUT2D eigenvalue weighted by Gasteiger charge is -2.21. The number of para-hydroxylation sites is 2. The quantitative estimate of drug-likeness (QED) is 0.662. The van der Waals surface area contributed by atoms with Crippen molar-refractivity contribution in [1.29, 1.82) is 0 Å². The molecule has 0 unspecified atom stereocenters. The largest absolute Gasteiger partial charge is 0.345 e. The number of carbonyl (C=O) groups is 2. The second-order valence-corrected chi connectivity index (χ2v) is 8.02. The van der Waals surface area contributed by atoms with E-state index in [9.17, 15) is 9.59 Å². The summed E-state index contributed by atoms with van der Waals surface area (Å²) in [5.41, 5.74) is 3.19. The number of amides is 2. The molecule has 31 heavy (non-hydrogen) atoms. The van der Waals surface area contributed by atoms with E-state index >= 15 is 0 Å². The lowest BCUT2D eigenvalue weighted by molar-refractivity contribution is -0.117. The fourth-order valence-corrected chi connectivity index (χ4v) is 3.82. The molecular formula is C23H28N6O2. The Kier molecular flexibility index (Phi) is 6.18. The smallest absolute Gasteiger partial charge is 0.253 e. The van der Waals surface area contributed by atoms with Gasteiger partial charge in [0.1, 0.15) is 0 Å². The van der Waals surface area contributed by atoms with Crippen LogP contribution < -0.4 is 10.2 Å². The van der Waals surface area contributed by atoms with Crippen molar-refractivity contribution >= 4 is 34.5 Å². The molecule has 3 aromatic rings. The van der Waals surface area contributed by atoms with Crippen molar-refractivity contribution in [1.82, 2.24) is 19.8 Å². The highest BCUT2D eigenvalue weighted by molar-refractivity contribution is 5.97. The molecule has 2 aromatic carbocycles. The predicted octanol–water partition coefficient (Wildman–Crippen LogP) is 2.42. The second-order valence-electron chi connectivity index (χ2n) is 8.02. The molecule has 2 N–H and O–H groups in total. The number of fused-ring (bicyclic) bond motifs is 1. The van der Waals surface area contributed by atoms with Crippen LogP contribution in [0.3, 0.4) is 0 Å². The number of nitrogens with zero attached hydrogens (tertiary/aromatic N) is 4. The fraction of sp³-hybridized carbons (Fsp3) is 0.348. The molecule has 8 nitrogen and oxygen atoms in total. The molecule has 2 amide bonds. The Hall–Kier alpha value is -3.39. The standard InChI is InChI=1S/C23H28N6O2/c1-27(2)22(31)17-7-5-8-18(15-17)24-21(30)16-28-11-6-12-29(14-13-28)23-25-19-9-3-4-10-20(19)26-23/h3-5,7-10,15H,6,11-14,16H2,1-2H3,(H,24,30)(H,25,26). The summed E-state index contributed by atoms with van der Waals surface area (Å²) in [5, 5.41) is 2.92. The second kappa shape index (κ2) is 9.18. The van der Waals surface area contributed by atoms with E-state index in [0.717, 1.165) is 49.6 Å². The number of rotatable bonds is 5. The van der Waals surface area contributed by atoms with Gasteiger partial charge < -0.3 is 20.1 Å². The van der Waals surface area contributed by atoms with Crippen molar-refractivity contribution in [3.8, 4) is 0 Å². The first-order valence-electron chi connectivity index (χ1n) is 10.5. The molecular weight excluding hydrogens is 392 g/mol. The summed E-state index contributed by atoms with van der Waals surface area (Å²) in [4.78, 5) is 38.7. The summed E-state index contributed by atoms with van der Waals surface area (Å²) in [6.45, 7) is 3.65. The maximum atomic E-state index is 12.6. The zero-order chi connectivity index (χ0) is 21.8. The Bertz CT molecular complexity index is 1040. The third kappa shape index (κ3) is 5.03. The van der Waals surface area contributed by atoms with Crippen LogP contribution in [0.2, 0.25) is 0 Å². The fourth-order valence-electron chi connectivity index (χ4n) is 3.82. The number of aromatic amines is 1. The Morgan fingerprint density at radius 3 is 2.71 bits per heavy atom. The number of anilines is 2. The van der Waals surface area contributed by atoms with E-state index in [-0.39, 0.29) is 11.8 Å². The highest BCUT2D eigenvalue weighted by Gasteiger charge is 2.19. The topological polar surface area (TPSA) is 84.6 Å². The monoisotopic (exact) mass is 420 g/mol.